The molecule has 1 aliphatic heterocycles. The Balaban J connectivity index is 1.72. The minimum Gasteiger partial charge on any atom is -0.379 e. The van der Waals surface area contributed by atoms with Crippen molar-refractivity contribution in [1.82, 2.24) is 9.47 Å². The van der Waals surface area contributed by atoms with Crippen LogP contribution in [0.3, 0.4) is 0 Å². The van der Waals surface area contributed by atoms with E-state index in [1.165, 1.54) is 32.8 Å². The van der Waals surface area contributed by atoms with Gasteiger partial charge in [0.1, 0.15) is 4.83 Å². The molecule has 0 atom stereocenters. The molecule has 1 saturated heterocycles. The first-order valence-corrected chi connectivity index (χ1v) is 10.2. The second-order valence-corrected chi connectivity index (χ2v) is 7.78. The van der Waals surface area contributed by atoms with E-state index in [9.17, 15) is 0 Å². The minimum atomic E-state index is 0.886. The summed E-state index contributed by atoms with van der Waals surface area (Å²) in [7, 11) is 0. The molecule has 2 aromatic heterocycles. The Bertz CT molecular complexity index is 734. The van der Waals surface area contributed by atoms with Crippen LogP contribution in [0, 0.1) is 6.92 Å². The first-order chi connectivity index (χ1) is 12.2. The highest BCUT2D eigenvalue weighted by Crippen LogP contribution is 2.34. The monoisotopic (exact) mass is 358 g/mol. The Morgan fingerprint density at radius 1 is 1.28 bits per heavy atom. The third kappa shape index (κ3) is 4.43. The van der Waals surface area contributed by atoms with Crippen LogP contribution in [-0.4, -0.2) is 42.3 Å². The standard InChI is InChI=1S/C21H30N2OS/c1-4-7-18(8-5-2)20-16-19-15-17(3)23(21(19)25-20)10-6-9-22-11-13-24-14-12-22/h4,8,15-16H,1,5-7,9-14H2,2-3H3/b18-8-. The van der Waals surface area contributed by atoms with Crippen LogP contribution in [0.1, 0.15) is 36.8 Å². The SMILES string of the molecule is C=CC/C(=C/CC)c1cc2cc(C)n(CCCN3CCOCC3)c2s1. The van der Waals surface area contributed by atoms with Gasteiger partial charge in [-0.2, -0.15) is 0 Å². The van der Waals surface area contributed by atoms with Crippen molar-refractivity contribution < 1.29 is 4.74 Å². The van der Waals surface area contributed by atoms with Gasteiger partial charge >= 0.3 is 0 Å². The van der Waals surface area contributed by atoms with Gasteiger partial charge in [-0.15, -0.1) is 17.9 Å². The Labute approximate surface area is 155 Å². The molecule has 4 heteroatoms. The topological polar surface area (TPSA) is 17.4 Å². The molecule has 3 heterocycles. The van der Waals surface area contributed by atoms with Crippen molar-refractivity contribution in [3.8, 4) is 0 Å². The molecular formula is C21H30N2OS. The molecule has 0 saturated carbocycles. The second kappa shape index (κ2) is 8.84. The molecule has 0 aromatic carbocycles. The van der Waals surface area contributed by atoms with Crippen LogP contribution in [0.5, 0.6) is 0 Å². The molecule has 136 valence electrons. The number of morpholine rings is 1. The molecule has 0 aliphatic carbocycles. The van der Waals surface area contributed by atoms with Gasteiger partial charge in [0.2, 0.25) is 0 Å². The predicted molar refractivity (Wildman–Crippen MR) is 110 cm³/mol. The fourth-order valence-electron chi connectivity index (χ4n) is 3.57. The number of fused-ring (bicyclic) bond motifs is 1. The van der Waals surface area contributed by atoms with Gasteiger partial charge in [0.15, 0.2) is 0 Å². The lowest BCUT2D eigenvalue weighted by molar-refractivity contribution is 0.0369. The first-order valence-electron chi connectivity index (χ1n) is 9.43. The molecule has 3 rings (SSSR count). The lowest BCUT2D eigenvalue weighted by atomic mass is 10.1. The quantitative estimate of drug-likeness (QED) is 0.611. The average Bonchev–Trinajstić information content (AvgIpc) is 3.14. The van der Waals surface area contributed by atoms with Crippen LogP contribution in [0.2, 0.25) is 0 Å². The Morgan fingerprint density at radius 2 is 2.08 bits per heavy atom. The lowest BCUT2D eigenvalue weighted by Gasteiger charge is -2.26. The van der Waals surface area contributed by atoms with Crippen molar-refractivity contribution in [3.63, 3.8) is 0 Å². The van der Waals surface area contributed by atoms with Crippen molar-refractivity contribution in [2.24, 2.45) is 0 Å². The van der Waals surface area contributed by atoms with E-state index in [1.54, 1.807) is 0 Å². The second-order valence-electron chi connectivity index (χ2n) is 6.75. The molecule has 0 N–H and O–H groups in total. The van der Waals surface area contributed by atoms with Crippen molar-refractivity contribution >= 4 is 27.1 Å². The average molecular weight is 359 g/mol. The van der Waals surface area contributed by atoms with Crippen LogP contribution in [0.4, 0.5) is 0 Å². The summed E-state index contributed by atoms with van der Waals surface area (Å²) in [5.74, 6) is 0. The maximum atomic E-state index is 5.44. The highest BCUT2D eigenvalue weighted by atomic mass is 32.1. The van der Waals surface area contributed by atoms with Crippen LogP contribution in [0.25, 0.3) is 15.8 Å². The summed E-state index contributed by atoms with van der Waals surface area (Å²) in [5, 5.41) is 1.38. The molecule has 0 unspecified atom stereocenters. The van der Waals surface area contributed by atoms with Gasteiger partial charge in [-0.1, -0.05) is 19.1 Å². The molecule has 2 aromatic rings. The van der Waals surface area contributed by atoms with E-state index in [0.29, 0.717) is 0 Å². The predicted octanol–water partition coefficient (Wildman–Crippen LogP) is 5.10. The Kier molecular flexibility index (Phi) is 6.51. The largest absolute Gasteiger partial charge is 0.379 e. The van der Waals surface area contributed by atoms with Gasteiger partial charge in [0.05, 0.1) is 13.2 Å². The number of aromatic nitrogens is 1. The summed E-state index contributed by atoms with van der Waals surface area (Å²) in [6, 6.07) is 4.69. The van der Waals surface area contributed by atoms with E-state index in [1.807, 2.05) is 17.4 Å². The smallest absolute Gasteiger partial charge is 0.103 e. The normalized spacial score (nSPS) is 16.6. The Hall–Kier alpha value is -1.36. The van der Waals surface area contributed by atoms with Gasteiger partial charge in [-0.3, -0.25) is 4.90 Å². The number of rotatable bonds is 8. The van der Waals surface area contributed by atoms with E-state index in [-0.39, 0.29) is 0 Å². The zero-order chi connectivity index (χ0) is 17.6. The highest BCUT2D eigenvalue weighted by molar-refractivity contribution is 7.19. The molecule has 0 bridgehead atoms. The maximum absolute atomic E-state index is 5.44. The summed E-state index contributed by atoms with van der Waals surface area (Å²) in [6.07, 6.45) is 7.56. The minimum absolute atomic E-state index is 0.886. The summed E-state index contributed by atoms with van der Waals surface area (Å²) >= 11 is 1.93. The van der Waals surface area contributed by atoms with Gasteiger partial charge in [-0.05, 0) is 43.9 Å². The highest BCUT2D eigenvalue weighted by Gasteiger charge is 2.13. The molecule has 1 aliphatic rings. The fourth-order valence-corrected chi connectivity index (χ4v) is 4.85. The maximum Gasteiger partial charge on any atom is 0.103 e. The number of hydrogen-bond acceptors (Lipinski definition) is 3. The molecule has 25 heavy (non-hydrogen) atoms. The van der Waals surface area contributed by atoms with Gasteiger partial charge < -0.3 is 9.30 Å². The van der Waals surface area contributed by atoms with E-state index in [4.69, 9.17) is 4.74 Å². The fraction of sp³-hybridized carbons (Fsp3) is 0.524. The third-order valence-corrected chi connectivity index (χ3v) is 6.12. The number of thiophene rings is 1. The van der Waals surface area contributed by atoms with E-state index < -0.39 is 0 Å². The van der Waals surface area contributed by atoms with Crippen molar-refractivity contribution in [3.05, 3.63) is 41.4 Å². The summed E-state index contributed by atoms with van der Waals surface area (Å²) in [6.45, 7) is 14.5. The summed E-state index contributed by atoms with van der Waals surface area (Å²) in [5.41, 5.74) is 2.79. The molecule has 0 spiro atoms. The molecule has 1 fully saturated rings. The lowest BCUT2D eigenvalue weighted by Crippen LogP contribution is -2.37. The molecule has 3 nitrogen and oxygen atoms in total. The van der Waals surface area contributed by atoms with Crippen LogP contribution >= 0.6 is 11.3 Å². The Morgan fingerprint density at radius 3 is 2.80 bits per heavy atom. The van der Waals surface area contributed by atoms with Crippen molar-refractivity contribution in [2.75, 3.05) is 32.8 Å². The number of allylic oxidation sites excluding steroid dienone is 3. The number of ether oxygens (including phenoxy) is 1. The van der Waals surface area contributed by atoms with E-state index >= 15 is 0 Å². The van der Waals surface area contributed by atoms with Gasteiger partial charge in [0.25, 0.3) is 0 Å². The summed E-state index contributed by atoms with van der Waals surface area (Å²) in [4.78, 5) is 5.33. The van der Waals surface area contributed by atoms with Crippen LogP contribution < -0.4 is 0 Å². The van der Waals surface area contributed by atoms with Gasteiger partial charge in [-0.25, -0.2) is 0 Å². The first kappa shape index (κ1) is 18.4. The summed E-state index contributed by atoms with van der Waals surface area (Å²) < 4.78 is 7.94. The van der Waals surface area contributed by atoms with Crippen molar-refractivity contribution in [2.45, 2.75) is 39.7 Å². The zero-order valence-corrected chi connectivity index (χ0v) is 16.4. The number of aryl methyl sites for hydroxylation is 2. The molecule has 0 radical (unpaired) electrons. The van der Waals surface area contributed by atoms with Crippen LogP contribution in [0.15, 0.2) is 30.9 Å². The van der Waals surface area contributed by atoms with Crippen LogP contribution in [-0.2, 0) is 11.3 Å². The number of nitrogens with zero attached hydrogens (tertiary/aromatic N) is 2. The number of hydrogen-bond donors (Lipinski definition) is 0. The zero-order valence-electron chi connectivity index (χ0n) is 15.6. The third-order valence-electron chi connectivity index (χ3n) is 4.87. The van der Waals surface area contributed by atoms with Crippen molar-refractivity contribution in [1.29, 1.82) is 0 Å². The van der Waals surface area contributed by atoms with Gasteiger partial charge in [0, 0.05) is 42.1 Å². The molecular weight excluding hydrogens is 328 g/mol. The molecule has 0 amide bonds. The van der Waals surface area contributed by atoms with E-state index in [0.717, 1.165) is 52.2 Å². The van der Waals surface area contributed by atoms with E-state index in [2.05, 4.69) is 48.1 Å².